The first-order valence-corrected chi connectivity index (χ1v) is 5.40. The number of hydrogen-bond acceptors (Lipinski definition) is 2. The molecule has 0 amide bonds. The topological polar surface area (TPSA) is 54.9 Å². The lowest BCUT2D eigenvalue weighted by molar-refractivity contribution is 0.766. The van der Waals surface area contributed by atoms with E-state index in [-0.39, 0.29) is 11.1 Å². The monoisotopic (exact) mass is 230 g/mol. The number of aromatic nitrogens is 2. The molecule has 2 rings (SSSR count). The number of aryl methyl sites for hydroxylation is 1. The van der Waals surface area contributed by atoms with E-state index < -0.39 is 0 Å². The summed E-state index contributed by atoms with van der Waals surface area (Å²) in [5.74, 6) is 0. The second-order valence-electron chi connectivity index (χ2n) is 4.17. The third kappa shape index (κ3) is 1.93. The molecule has 0 unspecified atom stereocenters. The molecule has 2 aromatic rings. The van der Waals surface area contributed by atoms with Crippen molar-refractivity contribution in [2.45, 2.75) is 20.8 Å². The number of hydrogen-bond donors (Lipinski definition) is 1. The summed E-state index contributed by atoms with van der Waals surface area (Å²) in [5.41, 5.74) is 2.24. The highest BCUT2D eigenvalue weighted by Crippen LogP contribution is 2.06. The molecule has 4 heteroatoms. The Kier molecular flexibility index (Phi) is 2.71. The van der Waals surface area contributed by atoms with Crippen molar-refractivity contribution in [2.75, 3.05) is 0 Å². The smallest absolute Gasteiger partial charge is 0.268 e. The zero-order valence-corrected chi connectivity index (χ0v) is 10.1. The molecule has 88 valence electrons. The summed E-state index contributed by atoms with van der Waals surface area (Å²) in [6.45, 7) is 5.25. The van der Waals surface area contributed by atoms with Crippen LogP contribution in [-0.4, -0.2) is 9.78 Å². The molecule has 0 saturated carbocycles. The highest BCUT2D eigenvalue weighted by Gasteiger charge is 2.08. The molecule has 0 bridgehead atoms. The number of H-pyrrole nitrogens is 1. The lowest BCUT2D eigenvalue weighted by Gasteiger charge is -2.08. The van der Waals surface area contributed by atoms with Gasteiger partial charge in [-0.25, -0.2) is 4.68 Å². The normalized spacial score (nSPS) is 10.5. The fourth-order valence-electron chi connectivity index (χ4n) is 1.68. The number of rotatable bonds is 1. The summed E-state index contributed by atoms with van der Waals surface area (Å²) < 4.78 is 1.29. The zero-order chi connectivity index (χ0) is 12.6. The Labute approximate surface area is 98.5 Å². The van der Waals surface area contributed by atoms with Crippen LogP contribution >= 0.6 is 0 Å². The molecule has 0 fully saturated rings. The average molecular weight is 230 g/mol. The van der Waals surface area contributed by atoms with E-state index in [4.69, 9.17) is 0 Å². The fourth-order valence-corrected chi connectivity index (χ4v) is 1.68. The Hall–Kier alpha value is -2.10. The first-order chi connectivity index (χ1) is 8.00. The Balaban J connectivity index is 2.78. The molecule has 1 aromatic heterocycles. The summed E-state index contributed by atoms with van der Waals surface area (Å²) in [7, 11) is 0. The first kappa shape index (κ1) is 11.4. The Morgan fingerprint density at radius 3 is 2.41 bits per heavy atom. The van der Waals surface area contributed by atoms with E-state index in [0.717, 1.165) is 5.56 Å². The molecule has 1 aromatic carbocycles. The Morgan fingerprint density at radius 1 is 1.06 bits per heavy atom. The van der Waals surface area contributed by atoms with Gasteiger partial charge in [0.15, 0.2) is 0 Å². The van der Waals surface area contributed by atoms with E-state index in [9.17, 15) is 9.59 Å². The molecular weight excluding hydrogens is 216 g/mol. The number of nitrogens with one attached hydrogen (secondary N) is 1. The van der Waals surface area contributed by atoms with Gasteiger partial charge in [0, 0.05) is 11.1 Å². The van der Waals surface area contributed by atoms with Crippen LogP contribution in [0.1, 0.15) is 16.7 Å². The molecule has 0 radical (unpaired) electrons. The van der Waals surface area contributed by atoms with Crippen LogP contribution in [0, 0.1) is 20.8 Å². The number of nitrogens with zero attached hydrogens (tertiary/aromatic N) is 1. The zero-order valence-electron chi connectivity index (χ0n) is 10.1. The molecular formula is C13H14N2O2. The molecule has 0 aliphatic rings. The van der Waals surface area contributed by atoms with E-state index in [2.05, 4.69) is 5.10 Å². The highest BCUT2D eigenvalue weighted by atomic mass is 16.2. The van der Waals surface area contributed by atoms with E-state index in [0.29, 0.717) is 16.8 Å². The van der Waals surface area contributed by atoms with Gasteiger partial charge in [0.2, 0.25) is 0 Å². The lowest BCUT2D eigenvalue weighted by Crippen LogP contribution is -2.32. The maximum absolute atomic E-state index is 12.0. The molecule has 0 aliphatic carbocycles. The first-order valence-electron chi connectivity index (χ1n) is 5.40. The fraction of sp³-hybridized carbons (Fsp3) is 0.231. The van der Waals surface area contributed by atoms with Gasteiger partial charge in [-0.3, -0.25) is 14.7 Å². The largest absolute Gasteiger partial charge is 0.273 e. The molecule has 0 atom stereocenters. The third-order valence-electron chi connectivity index (χ3n) is 2.90. The minimum atomic E-state index is -0.233. The Bertz CT molecular complexity index is 681. The van der Waals surface area contributed by atoms with Crippen molar-refractivity contribution in [3.05, 3.63) is 61.7 Å². The van der Waals surface area contributed by atoms with Crippen LogP contribution in [-0.2, 0) is 0 Å². The van der Waals surface area contributed by atoms with E-state index in [1.165, 1.54) is 4.68 Å². The van der Waals surface area contributed by atoms with Crippen LogP contribution in [0.3, 0.4) is 0 Å². The van der Waals surface area contributed by atoms with Gasteiger partial charge < -0.3 is 0 Å². The summed E-state index contributed by atoms with van der Waals surface area (Å²) >= 11 is 0. The van der Waals surface area contributed by atoms with Crippen LogP contribution in [0.15, 0.2) is 33.9 Å². The van der Waals surface area contributed by atoms with Crippen LogP contribution in [0.25, 0.3) is 5.69 Å². The maximum atomic E-state index is 12.0. The second kappa shape index (κ2) is 4.05. The van der Waals surface area contributed by atoms with Crippen LogP contribution in [0.2, 0.25) is 0 Å². The number of aromatic amines is 1. The SMILES string of the molecule is Cc1cccc(-n2[nH]c(=O)c(C)c(C)c2=O)c1. The molecule has 1 heterocycles. The summed E-state index contributed by atoms with van der Waals surface area (Å²) in [6.07, 6.45) is 0. The van der Waals surface area contributed by atoms with E-state index >= 15 is 0 Å². The quantitative estimate of drug-likeness (QED) is 0.806. The molecule has 0 saturated heterocycles. The second-order valence-corrected chi connectivity index (χ2v) is 4.17. The molecule has 4 nitrogen and oxygen atoms in total. The maximum Gasteiger partial charge on any atom is 0.273 e. The molecule has 1 N–H and O–H groups in total. The van der Waals surface area contributed by atoms with Gasteiger partial charge in [-0.05, 0) is 38.5 Å². The van der Waals surface area contributed by atoms with Gasteiger partial charge in [-0.1, -0.05) is 12.1 Å². The van der Waals surface area contributed by atoms with Crippen LogP contribution in [0.5, 0.6) is 0 Å². The van der Waals surface area contributed by atoms with Gasteiger partial charge in [0.05, 0.1) is 5.69 Å². The minimum Gasteiger partial charge on any atom is -0.268 e. The van der Waals surface area contributed by atoms with Crippen molar-refractivity contribution in [3.8, 4) is 5.69 Å². The van der Waals surface area contributed by atoms with Crippen molar-refractivity contribution in [2.24, 2.45) is 0 Å². The predicted molar refractivity (Wildman–Crippen MR) is 66.9 cm³/mol. The van der Waals surface area contributed by atoms with Crippen molar-refractivity contribution < 1.29 is 0 Å². The van der Waals surface area contributed by atoms with Crippen molar-refractivity contribution in [3.63, 3.8) is 0 Å². The Morgan fingerprint density at radius 2 is 1.76 bits per heavy atom. The summed E-state index contributed by atoms with van der Waals surface area (Å²) in [5, 5.41) is 2.58. The van der Waals surface area contributed by atoms with Crippen LogP contribution in [0.4, 0.5) is 0 Å². The average Bonchev–Trinajstić information content (AvgIpc) is 2.31. The van der Waals surface area contributed by atoms with E-state index in [1.54, 1.807) is 19.9 Å². The van der Waals surface area contributed by atoms with Gasteiger partial charge in [0.1, 0.15) is 0 Å². The van der Waals surface area contributed by atoms with Gasteiger partial charge in [-0.2, -0.15) is 0 Å². The highest BCUT2D eigenvalue weighted by molar-refractivity contribution is 5.35. The molecule has 0 spiro atoms. The van der Waals surface area contributed by atoms with Gasteiger partial charge in [0.25, 0.3) is 11.1 Å². The lowest BCUT2D eigenvalue weighted by atomic mass is 10.2. The van der Waals surface area contributed by atoms with Gasteiger partial charge >= 0.3 is 0 Å². The summed E-state index contributed by atoms with van der Waals surface area (Å²) in [6, 6.07) is 7.43. The van der Waals surface area contributed by atoms with Crippen molar-refractivity contribution in [1.82, 2.24) is 9.78 Å². The minimum absolute atomic E-state index is 0.187. The van der Waals surface area contributed by atoms with Crippen molar-refractivity contribution in [1.29, 1.82) is 0 Å². The van der Waals surface area contributed by atoms with Crippen LogP contribution < -0.4 is 11.1 Å². The third-order valence-corrected chi connectivity index (χ3v) is 2.90. The molecule has 0 aliphatic heterocycles. The van der Waals surface area contributed by atoms with Crippen molar-refractivity contribution >= 4 is 0 Å². The standard InChI is InChI=1S/C13H14N2O2/c1-8-5-4-6-11(7-8)15-13(17)10(3)9(2)12(16)14-15/h4-7H,1-3H3,(H,14,16). The van der Waals surface area contributed by atoms with E-state index in [1.807, 2.05) is 25.1 Å². The molecule has 17 heavy (non-hydrogen) atoms. The van der Waals surface area contributed by atoms with Gasteiger partial charge in [-0.15, -0.1) is 0 Å². The predicted octanol–water partition coefficient (Wildman–Crippen LogP) is 1.45. The number of benzene rings is 1. The summed E-state index contributed by atoms with van der Waals surface area (Å²) in [4.78, 5) is 23.7.